The molecule has 2 heterocycles. The van der Waals surface area contributed by atoms with E-state index in [0.717, 1.165) is 51.4 Å². The topological polar surface area (TPSA) is 35.6 Å². The van der Waals surface area contributed by atoms with Gasteiger partial charge in [0.1, 0.15) is 0 Å². The molecule has 114 valence electrons. The maximum atomic E-state index is 12.0. The number of rotatable bonds is 4. The Kier molecular flexibility index (Phi) is 4.61. The van der Waals surface area contributed by atoms with Crippen molar-refractivity contribution in [1.82, 2.24) is 15.1 Å². The standard InChI is InChI=1S/C16H29N3O/c1-18-9-3-2-4-15(18)12-17-14-7-10-19(11-8-14)16(20)13-5-6-13/h13-15,17H,2-12H2,1H3. The van der Waals surface area contributed by atoms with Crippen LogP contribution in [0.25, 0.3) is 0 Å². The van der Waals surface area contributed by atoms with Gasteiger partial charge < -0.3 is 15.1 Å². The number of hydrogen-bond acceptors (Lipinski definition) is 3. The molecule has 3 fully saturated rings. The smallest absolute Gasteiger partial charge is 0.225 e. The fraction of sp³-hybridized carbons (Fsp3) is 0.938. The third-order valence-corrected chi connectivity index (χ3v) is 5.30. The monoisotopic (exact) mass is 279 g/mol. The Hall–Kier alpha value is -0.610. The van der Waals surface area contributed by atoms with E-state index < -0.39 is 0 Å². The summed E-state index contributed by atoms with van der Waals surface area (Å²) < 4.78 is 0. The van der Waals surface area contributed by atoms with Gasteiger partial charge in [0.15, 0.2) is 0 Å². The van der Waals surface area contributed by atoms with Crippen molar-refractivity contribution in [3.8, 4) is 0 Å². The Balaban J connectivity index is 1.36. The molecule has 0 radical (unpaired) electrons. The normalized spacial score (nSPS) is 29.6. The molecule has 0 aromatic heterocycles. The summed E-state index contributed by atoms with van der Waals surface area (Å²) in [6, 6.07) is 1.34. The predicted octanol–water partition coefficient (Wildman–Crippen LogP) is 1.46. The largest absolute Gasteiger partial charge is 0.342 e. The number of likely N-dealkylation sites (tertiary alicyclic amines) is 2. The molecule has 20 heavy (non-hydrogen) atoms. The Morgan fingerprint density at radius 3 is 2.45 bits per heavy atom. The van der Waals surface area contributed by atoms with Crippen molar-refractivity contribution in [1.29, 1.82) is 0 Å². The molecule has 2 aliphatic heterocycles. The highest BCUT2D eigenvalue weighted by Gasteiger charge is 2.34. The molecule has 4 heteroatoms. The van der Waals surface area contributed by atoms with Gasteiger partial charge in [-0.3, -0.25) is 4.79 Å². The van der Waals surface area contributed by atoms with E-state index in [0.29, 0.717) is 17.9 Å². The summed E-state index contributed by atoms with van der Waals surface area (Å²) in [6.45, 7) is 4.30. The second-order valence-corrected chi connectivity index (χ2v) is 6.91. The number of carbonyl (C=O) groups excluding carboxylic acids is 1. The number of carbonyl (C=O) groups is 1. The molecule has 1 unspecified atom stereocenters. The molecule has 3 aliphatic rings. The van der Waals surface area contributed by atoms with Crippen molar-refractivity contribution in [3.05, 3.63) is 0 Å². The maximum absolute atomic E-state index is 12.0. The zero-order chi connectivity index (χ0) is 13.9. The molecular formula is C16H29N3O. The van der Waals surface area contributed by atoms with Gasteiger partial charge >= 0.3 is 0 Å². The van der Waals surface area contributed by atoms with Crippen LogP contribution in [-0.4, -0.2) is 61.0 Å². The van der Waals surface area contributed by atoms with Crippen molar-refractivity contribution in [2.75, 3.05) is 33.2 Å². The molecule has 0 spiro atoms. The second-order valence-electron chi connectivity index (χ2n) is 6.91. The van der Waals surface area contributed by atoms with E-state index in [2.05, 4.69) is 22.2 Å². The predicted molar refractivity (Wildman–Crippen MR) is 80.6 cm³/mol. The van der Waals surface area contributed by atoms with Crippen LogP contribution in [0, 0.1) is 5.92 Å². The molecule has 1 amide bonds. The van der Waals surface area contributed by atoms with Gasteiger partial charge in [0.05, 0.1) is 0 Å². The van der Waals surface area contributed by atoms with E-state index in [1.165, 1.54) is 25.8 Å². The van der Waals surface area contributed by atoms with Crippen molar-refractivity contribution in [2.24, 2.45) is 5.92 Å². The summed E-state index contributed by atoms with van der Waals surface area (Å²) in [6.07, 6.45) is 8.60. The van der Waals surface area contributed by atoms with Gasteiger partial charge in [0.2, 0.25) is 5.91 Å². The van der Waals surface area contributed by atoms with Crippen LogP contribution in [-0.2, 0) is 4.79 Å². The van der Waals surface area contributed by atoms with E-state index >= 15 is 0 Å². The van der Waals surface area contributed by atoms with Gasteiger partial charge in [-0.1, -0.05) is 6.42 Å². The number of amides is 1. The third-order valence-electron chi connectivity index (χ3n) is 5.30. The lowest BCUT2D eigenvalue weighted by atomic mass is 10.0. The van der Waals surface area contributed by atoms with Crippen LogP contribution < -0.4 is 5.32 Å². The van der Waals surface area contributed by atoms with Crippen molar-refractivity contribution in [3.63, 3.8) is 0 Å². The number of hydrogen-bond donors (Lipinski definition) is 1. The minimum Gasteiger partial charge on any atom is -0.342 e. The first kappa shape index (κ1) is 14.3. The molecule has 1 saturated carbocycles. The zero-order valence-electron chi connectivity index (χ0n) is 12.8. The van der Waals surface area contributed by atoms with E-state index in [1.54, 1.807) is 0 Å². The average Bonchev–Trinajstić information content (AvgIpc) is 3.31. The van der Waals surface area contributed by atoms with Crippen LogP contribution in [0.2, 0.25) is 0 Å². The second kappa shape index (κ2) is 6.44. The maximum Gasteiger partial charge on any atom is 0.225 e. The molecule has 0 bridgehead atoms. The minimum atomic E-state index is 0.385. The first-order chi connectivity index (χ1) is 9.74. The molecule has 2 saturated heterocycles. The average molecular weight is 279 g/mol. The molecule has 3 rings (SSSR count). The van der Waals surface area contributed by atoms with Gasteiger partial charge in [0.25, 0.3) is 0 Å². The van der Waals surface area contributed by atoms with Crippen LogP contribution >= 0.6 is 0 Å². The van der Waals surface area contributed by atoms with Crippen LogP contribution in [0.5, 0.6) is 0 Å². The SMILES string of the molecule is CN1CCCCC1CNC1CCN(C(=O)C2CC2)CC1. The summed E-state index contributed by atoms with van der Waals surface area (Å²) in [5.74, 6) is 0.811. The highest BCUT2D eigenvalue weighted by atomic mass is 16.2. The highest BCUT2D eigenvalue weighted by molar-refractivity contribution is 5.81. The minimum absolute atomic E-state index is 0.385. The van der Waals surface area contributed by atoms with Crippen LogP contribution in [0.3, 0.4) is 0 Å². The van der Waals surface area contributed by atoms with Crippen LogP contribution in [0.1, 0.15) is 44.9 Å². The lowest BCUT2D eigenvalue weighted by Crippen LogP contribution is -2.49. The molecule has 0 aromatic carbocycles. The van der Waals surface area contributed by atoms with Crippen molar-refractivity contribution < 1.29 is 4.79 Å². The van der Waals surface area contributed by atoms with Gasteiger partial charge in [-0.05, 0) is 52.1 Å². The van der Waals surface area contributed by atoms with E-state index in [-0.39, 0.29) is 0 Å². The number of nitrogens with zero attached hydrogens (tertiary/aromatic N) is 2. The van der Waals surface area contributed by atoms with Gasteiger partial charge in [-0.25, -0.2) is 0 Å². The number of piperidine rings is 2. The Morgan fingerprint density at radius 1 is 1.05 bits per heavy atom. The van der Waals surface area contributed by atoms with Crippen molar-refractivity contribution >= 4 is 5.91 Å². The Bertz CT molecular complexity index is 335. The van der Waals surface area contributed by atoms with Crippen molar-refractivity contribution in [2.45, 2.75) is 57.0 Å². The highest BCUT2D eigenvalue weighted by Crippen LogP contribution is 2.31. The summed E-state index contributed by atoms with van der Waals surface area (Å²) in [5.41, 5.74) is 0. The fourth-order valence-corrected chi connectivity index (χ4v) is 3.60. The first-order valence-electron chi connectivity index (χ1n) is 8.46. The van der Waals surface area contributed by atoms with Gasteiger partial charge in [-0.2, -0.15) is 0 Å². The molecule has 0 aromatic rings. The lowest BCUT2D eigenvalue weighted by Gasteiger charge is -2.36. The number of likely N-dealkylation sites (N-methyl/N-ethyl adjacent to an activating group) is 1. The zero-order valence-corrected chi connectivity index (χ0v) is 12.8. The van der Waals surface area contributed by atoms with E-state index in [1.807, 2.05) is 0 Å². The summed E-state index contributed by atoms with van der Waals surface area (Å²) in [7, 11) is 2.25. The quantitative estimate of drug-likeness (QED) is 0.846. The van der Waals surface area contributed by atoms with Gasteiger partial charge in [-0.15, -0.1) is 0 Å². The summed E-state index contributed by atoms with van der Waals surface area (Å²) >= 11 is 0. The Morgan fingerprint density at radius 2 is 1.80 bits per heavy atom. The van der Waals surface area contributed by atoms with E-state index in [9.17, 15) is 4.79 Å². The third kappa shape index (κ3) is 3.53. The fourth-order valence-electron chi connectivity index (χ4n) is 3.60. The molecule has 4 nitrogen and oxygen atoms in total. The number of nitrogens with one attached hydrogen (secondary N) is 1. The summed E-state index contributed by atoms with van der Waals surface area (Å²) in [4.78, 5) is 16.6. The van der Waals surface area contributed by atoms with Crippen LogP contribution in [0.15, 0.2) is 0 Å². The lowest BCUT2D eigenvalue weighted by molar-refractivity contribution is -0.133. The van der Waals surface area contributed by atoms with Gasteiger partial charge in [0, 0.05) is 37.6 Å². The molecule has 1 aliphatic carbocycles. The molecular weight excluding hydrogens is 250 g/mol. The molecule has 1 N–H and O–H groups in total. The summed E-state index contributed by atoms with van der Waals surface area (Å²) in [5, 5.41) is 3.75. The molecule has 1 atom stereocenters. The first-order valence-corrected chi connectivity index (χ1v) is 8.46. The Labute approximate surface area is 122 Å². The van der Waals surface area contributed by atoms with E-state index in [4.69, 9.17) is 0 Å². The van der Waals surface area contributed by atoms with Crippen LogP contribution in [0.4, 0.5) is 0 Å².